The Morgan fingerprint density at radius 3 is 2.74 bits per heavy atom. The van der Waals surface area contributed by atoms with Crippen LogP contribution in [0.15, 0.2) is 6.20 Å². The maximum atomic E-state index is 13.0. The van der Waals surface area contributed by atoms with Gasteiger partial charge in [0.2, 0.25) is 0 Å². The second kappa shape index (κ2) is 7.49. The van der Waals surface area contributed by atoms with Gasteiger partial charge in [0.05, 0.1) is 12.8 Å². The van der Waals surface area contributed by atoms with Gasteiger partial charge in [-0.3, -0.25) is 4.68 Å². The molecule has 0 radical (unpaired) electrons. The molecule has 0 aliphatic carbocycles. The number of ether oxygens (including phenoxy) is 1. The van der Waals surface area contributed by atoms with Crippen molar-refractivity contribution < 1.29 is 17.9 Å². The Morgan fingerprint density at radius 2 is 2.16 bits per heavy atom. The molecular formula is C12H20F3N3O. The lowest BCUT2D eigenvalue weighted by molar-refractivity contribution is -0.144. The first kappa shape index (κ1) is 16.0. The van der Waals surface area contributed by atoms with E-state index >= 15 is 0 Å². The summed E-state index contributed by atoms with van der Waals surface area (Å²) in [5.74, 6) is 0. The lowest BCUT2D eigenvalue weighted by Crippen LogP contribution is -2.22. The zero-order chi connectivity index (χ0) is 14.3. The molecule has 0 aliphatic rings. The molecule has 4 nitrogen and oxygen atoms in total. The van der Waals surface area contributed by atoms with E-state index in [-0.39, 0.29) is 12.1 Å². The van der Waals surface area contributed by atoms with Crippen molar-refractivity contribution in [1.29, 1.82) is 0 Å². The summed E-state index contributed by atoms with van der Waals surface area (Å²) in [5, 5.41) is 6.75. The van der Waals surface area contributed by atoms with E-state index in [2.05, 4.69) is 10.4 Å². The van der Waals surface area contributed by atoms with Gasteiger partial charge in [0.15, 0.2) is 0 Å². The lowest BCUT2D eigenvalue weighted by atomic mass is 10.2. The van der Waals surface area contributed by atoms with Gasteiger partial charge < -0.3 is 10.1 Å². The molecule has 0 fully saturated rings. The second-order valence-corrected chi connectivity index (χ2v) is 4.26. The standard InChI is InChI=1S/C12H20F3N3O/c1-3-4-6-18-11(12(13,14)15)10(9-17-18)8-16-5-7-19-2/h9,16H,3-8H2,1-2H3. The van der Waals surface area contributed by atoms with Crippen LogP contribution in [0.4, 0.5) is 13.2 Å². The zero-order valence-electron chi connectivity index (χ0n) is 11.3. The Morgan fingerprint density at radius 1 is 1.42 bits per heavy atom. The van der Waals surface area contributed by atoms with Crippen molar-refractivity contribution in [2.75, 3.05) is 20.3 Å². The molecule has 0 saturated heterocycles. The van der Waals surface area contributed by atoms with E-state index in [9.17, 15) is 13.2 Å². The highest BCUT2D eigenvalue weighted by molar-refractivity contribution is 5.20. The average Bonchev–Trinajstić information content (AvgIpc) is 2.75. The predicted molar refractivity (Wildman–Crippen MR) is 65.7 cm³/mol. The number of alkyl halides is 3. The SMILES string of the molecule is CCCCn1ncc(CNCCOC)c1C(F)(F)F. The molecule has 1 rings (SSSR count). The van der Waals surface area contributed by atoms with Crippen molar-refractivity contribution in [3.8, 4) is 0 Å². The maximum Gasteiger partial charge on any atom is 0.433 e. The summed E-state index contributed by atoms with van der Waals surface area (Å²) in [4.78, 5) is 0. The second-order valence-electron chi connectivity index (χ2n) is 4.26. The fraction of sp³-hybridized carbons (Fsp3) is 0.750. The van der Waals surface area contributed by atoms with Gasteiger partial charge in [-0.2, -0.15) is 18.3 Å². The Labute approximate surface area is 110 Å². The first-order valence-electron chi connectivity index (χ1n) is 6.32. The van der Waals surface area contributed by atoms with Gasteiger partial charge in [0.1, 0.15) is 5.69 Å². The van der Waals surface area contributed by atoms with E-state index in [0.717, 1.165) is 11.1 Å². The van der Waals surface area contributed by atoms with E-state index in [1.54, 1.807) is 7.11 Å². The van der Waals surface area contributed by atoms with Crippen LogP contribution in [-0.4, -0.2) is 30.0 Å². The Hall–Kier alpha value is -1.08. The number of halogens is 3. The molecule has 0 atom stereocenters. The van der Waals surface area contributed by atoms with Crippen LogP contribution >= 0.6 is 0 Å². The van der Waals surface area contributed by atoms with Crippen molar-refractivity contribution in [3.63, 3.8) is 0 Å². The van der Waals surface area contributed by atoms with Crippen LogP contribution in [0.5, 0.6) is 0 Å². The molecule has 0 spiro atoms. The molecule has 0 bridgehead atoms. The third-order valence-corrected chi connectivity index (χ3v) is 2.71. The zero-order valence-corrected chi connectivity index (χ0v) is 11.3. The van der Waals surface area contributed by atoms with Crippen molar-refractivity contribution in [1.82, 2.24) is 15.1 Å². The molecule has 0 amide bonds. The average molecular weight is 279 g/mol. The normalized spacial score (nSPS) is 12.1. The molecule has 110 valence electrons. The summed E-state index contributed by atoms with van der Waals surface area (Å²) in [6.07, 6.45) is -1.57. The first-order valence-corrected chi connectivity index (χ1v) is 6.32. The third kappa shape index (κ3) is 4.83. The van der Waals surface area contributed by atoms with Gasteiger partial charge in [-0.15, -0.1) is 0 Å². The molecule has 19 heavy (non-hydrogen) atoms. The highest BCUT2D eigenvalue weighted by Gasteiger charge is 2.37. The Balaban J connectivity index is 2.76. The fourth-order valence-electron chi connectivity index (χ4n) is 1.76. The molecule has 0 saturated carbocycles. The number of rotatable bonds is 8. The van der Waals surface area contributed by atoms with E-state index < -0.39 is 11.9 Å². The largest absolute Gasteiger partial charge is 0.433 e. The van der Waals surface area contributed by atoms with Crippen LogP contribution in [0, 0.1) is 0 Å². The molecule has 0 aliphatic heterocycles. The highest BCUT2D eigenvalue weighted by atomic mass is 19.4. The first-order chi connectivity index (χ1) is 9.00. The minimum Gasteiger partial charge on any atom is -0.383 e. The number of nitrogens with one attached hydrogen (secondary N) is 1. The van der Waals surface area contributed by atoms with E-state index in [4.69, 9.17) is 4.74 Å². The number of methoxy groups -OCH3 is 1. The van der Waals surface area contributed by atoms with Crippen LogP contribution in [0.25, 0.3) is 0 Å². The molecule has 1 heterocycles. The highest BCUT2D eigenvalue weighted by Crippen LogP contribution is 2.32. The number of unbranched alkanes of at least 4 members (excludes halogenated alkanes) is 1. The topological polar surface area (TPSA) is 39.1 Å². The molecule has 1 aromatic rings. The molecular weight excluding hydrogens is 259 g/mol. The summed E-state index contributed by atoms with van der Waals surface area (Å²) >= 11 is 0. The maximum absolute atomic E-state index is 13.0. The molecule has 0 unspecified atom stereocenters. The van der Waals surface area contributed by atoms with E-state index in [1.807, 2.05) is 6.92 Å². The summed E-state index contributed by atoms with van der Waals surface area (Å²) in [7, 11) is 1.55. The van der Waals surface area contributed by atoms with Crippen LogP contribution in [-0.2, 0) is 24.0 Å². The smallest absolute Gasteiger partial charge is 0.383 e. The van der Waals surface area contributed by atoms with Crippen LogP contribution in [0.3, 0.4) is 0 Å². The van der Waals surface area contributed by atoms with Crippen molar-refractivity contribution in [3.05, 3.63) is 17.5 Å². The molecule has 1 aromatic heterocycles. The monoisotopic (exact) mass is 279 g/mol. The number of aromatic nitrogens is 2. The number of hydrogen-bond acceptors (Lipinski definition) is 3. The van der Waals surface area contributed by atoms with E-state index in [1.165, 1.54) is 6.20 Å². The lowest BCUT2D eigenvalue weighted by Gasteiger charge is -2.12. The van der Waals surface area contributed by atoms with Crippen LogP contribution < -0.4 is 5.32 Å². The van der Waals surface area contributed by atoms with Gasteiger partial charge >= 0.3 is 6.18 Å². The van der Waals surface area contributed by atoms with E-state index in [0.29, 0.717) is 26.1 Å². The van der Waals surface area contributed by atoms with Gasteiger partial charge in [-0.25, -0.2) is 0 Å². The molecule has 0 aromatic carbocycles. The number of hydrogen-bond donors (Lipinski definition) is 1. The van der Waals surface area contributed by atoms with Gasteiger partial charge in [0.25, 0.3) is 0 Å². The molecule has 1 N–H and O–H groups in total. The van der Waals surface area contributed by atoms with Gasteiger partial charge in [-0.1, -0.05) is 13.3 Å². The minimum atomic E-state index is -4.37. The molecule has 7 heteroatoms. The number of nitrogens with zero attached hydrogens (tertiary/aromatic N) is 2. The summed E-state index contributed by atoms with van der Waals surface area (Å²) in [6, 6.07) is 0. The summed E-state index contributed by atoms with van der Waals surface area (Å²) in [5.41, 5.74) is -0.467. The van der Waals surface area contributed by atoms with Crippen molar-refractivity contribution in [2.24, 2.45) is 0 Å². The predicted octanol–water partition coefficient (Wildman–Crippen LogP) is 2.44. The Kier molecular flexibility index (Phi) is 6.30. The third-order valence-electron chi connectivity index (χ3n) is 2.71. The summed E-state index contributed by atoms with van der Waals surface area (Å²) < 4.78 is 45.0. The fourth-order valence-corrected chi connectivity index (χ4v) is 1.76. The van der Waals surface area contributed by atoms with Gasteiger partial charge in [0, 0.05) is 32.3 Å². The van der Waals surface area contributed by atoms with Crippen LogP contribution in [0.2, 0.25) is 0 Å². The van der Waals surface area contributed by atoms with Gasteiger partial charge in [-0.05, 0) is 6.42 Å². The van der Waals surface area contributed by atoms with Crippen molar-refractivity contribution >= 4 is 0 Å². The minimum absolute atomic E-state index is 0.143. The Bertz CT molecular complexity index is 377. The summed E-state index contributed by atoms with van der Waals surface area (Å²) in [6.45, 7) is 3.34. The quantitative estimate of drug-likeness (QED) is 0.743. The van der Waals surface area contributed by atoms with Crippen molar-refractivity contribution in [2.45, 2.75) is 39.0 Å². The number of aryl methyl sites for hydroxylation is 1. The van der Waals surface area contributed by atoms with Crippen LogP contribution in [0.1, 0.15) is 31.0 Å².